The molecule has 0 radical (unpaired) electrons. The molecule has 0 unspecified atom stereocenters. The second-order valence-electron chi connectivity index (χ2n) is 5.36. The van der Waals surface area contributed by atoms with Gasteiger partial charge in [-0.05, 0) is 29.5 Å². The fraction of sp³-hybridized carbons (Fsp3) is 0.500. The molecule has 0 spiro atoms. The Kier molecular flexibility index (Phi) is 4.26. The average Bonchev–Trinajstić information content (AvgIpc) is 2.25. The number of hydrogen-bond acceptors (Lipinski definition) is 2. The summed E-state index contributed by atoms with van der Waals surface area (Å²) in [6, 6.07) is 6.25. The predicted molar refractivity (Wildman–Crippen MR) is 77.1 cm³/mol. The molecular weight excluding hydrogens is 230 g/mol. The van der Waals surface area contributed by atoms with Gasteiger partial charge in [0.2, 0.25) is 5.91 Å². The lowest BCUT2D eigenvalue weighted by molar-refractivity contribution is -0.115. The maximum atomic E-state index is 11.6. The Bertz CT molecular complexity index is 421. The van der Waals surface area contributed by atoms with Crippen molar-refractivity contribution < 1.29 is 4.79 Å². The monoisotopic (exact) mass is 251 g/mol. The predicted octanol–water partition coefficient (Wildman–Crippen LogP) is 3.19. The fourth-order valence-corrected chi connectivity index (χ4v) is 1.95. The third-order valence-corrected chi connectivity index (χ3v) is 3.20. The van der Waals surface area contributed by atoms with Gasteiger partial charge in [0.05, 0.1) is 5.75 Å². The van der Waals surface area contributed by atoms with Crippen molar-refractivity contribution in [3.63, 3.8) is 0 Å². The highest BCUT2D eigenvalue weighted by Crippen LogP contribution is 2.27. The van der Waals surface area contributed by atoms with Gasteiger partial charge in [-0.2, -0.15) is 12.6 Å². The minimum atomic E-state index is 0.0138. The van der Waals surface area contributed by atoms with Crippen LogP contribution in [-0.4, -0.2) is 18.7 Å². The molecule has 0 saturated heterocycles. The average molecular weight is 251 g/mol. The number of anilines is 1. The SMILES string of the molecule is Cc1cc(C(C)(C)C)ccc1N(C)C(=O)CS. The molecule has 94 valence electrons. The molecule has 0 heterocycles. The number of aryl methyl sites for hydroxylation is 1. The lowest BCUT2D eigenvalue weighted by atomic mass is 9.86. The lowest BCUT2D eigenvalue weighted by Crippen LogP contribution is -2.28. The van der Waals surface area contributed by atoms with Gasteiger partial charge in [-0.3, -0.25) is 4.79 Å². The Morgan fingerprint density at radius 3 is 2.35 bits per heavy atom. The van der Waals surface area contributed by atoms with E-state index in [1.54, 1.807) is 11.9 Å². The number of amides is 1. The molecule has 0 aliphatic carbocycles. The molecule has 1 aromatic carbocycles. The summed E-state index contributed by atoms with van der Waals surface area (Å²) in [5.41, 5.74) is 3.49. The first-order valence-electron chi connectivity index (χ1n) is 5.76. The maximum Gasteiger partial charge on any atom is 0.236 e. The van der Waals surface area contributed by atoms with Gasteiger partial charge in [-0.1, -0.05) is 32.9 Å². The first-order chi connectivity index (χ1) is 7.77. The number of rotatable bonds is 2. The zero-order valence-corrected chi connectivity index (χ0v) is 12.1. The summed E-state index contributed by atoms with van der Waals surface area (Å²) in [6.45, 7) is 8.59. The summed E-state index contributed by atoms with van der Waals surface area (Å²) in [4.78, 5) is 13.3. The van der Waals surface area contributed by atoms with Crippen LogP contribution in [0, 0.1) is 6.92 Å². The largest absolute Gasteiger partial charge is 0.315 e. The van der Waals surface area contributed by atoms with Crippen molar-refractivity contribution in [3.05, 3.63) is 29.3 Å². The summed E-state index contributed by atoms with van der Waals surface area (Å²) < 4.78 is 0. The summed E-state index contributed by atoms with van der Waals surface area (Å²) >= 11 is 4.01. The highest BCUT2D eigenvalue weighted by Gasteiger charge is 2.16. The third-order valence-electron chi connectivity index (χ3n) is 2.93. The molecule has 1 rings (SSSR count). The highest BCUT2D eigenvalue weighted by molar-refractivity contribution is 7.81. The Hall–Kier alpha value is -0.960. The van der Waals surface area contributed by atoms with Gasteiger partial charge in [-0.15, -0.1) is 0 Å². The van der Waals surface area contributed by atoms with Crippen molar-refractivity contribution in [1.29, 1.82) is 0 Å². The van der Waals surface area contributed by atoms with E-state index in [0.29, 0.717) is 0 Å². The third kappa shape index (κ3) is 3.25. The molecule has 0 aliphatic rings. The van der Waals surface area contributed by atoms with Crippen molar-refractivity contribution in [1.82, 2.24) is 0 Å². The van der Waals surface area contributed by atoms with Crippen molar-refractivity contribution in [2.24, 2.45) is 0 Å². The van der Waals surface area contributed by atoms with Crippen LogP contribution >= 0.6 is 12.6 Å². The van der Waals surface area contributed by atoms with E-state index in [1.807, 2.05) is 13.0 Å². The van der Waals surface area contributed by atoms with Crippen LogP contribution in [0.15, 0.2) is 18.2 Å². The summed E-state index contributed by atoms with van der Waals surface area (Å²) in [6.07, 6.45) is 0. The highest BCUT2D eigenvalue weighted by atomic mass is 32.1. The van der Waals surface area contributed by atoms with Gasteiger partial charge >= 0.3 is 0 Å². The van der Waals surface area contributed by atoms with Gasteiger partial charge in [0.25, 0.3) is 0 Å². The van der Waals surface area contributed by atoms with Crippen molar-refractivity contribution in [3.8, 4) is 0 Å². The van der Waals surface area contributed by atoms with Gasteiger partial charge in [0, 0.05) is 12.7 Å². The quantitative estimate of drug-likeness (QED) is 0.800. The Morgan fingerprint density at radius 2 is 1.94 bits per heavy atom. The van der Waals surface area contributed by atoms with Crippen LogP contribution in [-0.2, 0) is 10.2 Å². The molecule has 1 aromatic rings. The van der Waals surface area contributed by atoms with Gasteiger partial charge in [0.1, 0.15) is 0 Å². The van der Waals surface area contributed by atoms with Crippen LogP contribution in [0.5, 0.6) is 0 Å². The second-order valence-corrected chi connectivity index (χ2v) is 5.68. The summed E-state index contributed by atoms with van der Waals surface area (Å²) in [5.74, 6) is 0.247. The maximum absolute atomic E-state index is 11.6. The second kappa shape index (κ2) is 5.13. The molecule has 0 N–H and O–H groups in total. The van der Waals surface area contributed by atoms with Crippen LogP contribution < -0.4 is 4.90 Å². The van der Waals surface area contributed by atoms with Crippen molar-refractivity contribution >= 4 is 24.2 Å². The van der Waals surface area contributed by atoms with E-state index in [4.69, 9.17) is 0 Å². The van der Waals surface area contributed by atoms with Crippen molar-refractivity contribution in [2.75, 3.05) is 17.7 Å². The van der Waals surface area contributed by atoms with Crippen molar-refractivity contribution in [2.45, 2.75) is 33.1 Å². The van der Waals surface area contributed by atoms with Crippen LogP contribution in [0.25, 0.3) is 0 Å². The number of benzene rings is 1. The molecule has 0 aliphatic heterocycles. The zero-order valence-electron chi connectivity index (χ0n) is 11.2. The minimum Gasteiger partial charge on any atom is -0.315 e. The number of carbonyl (C=O) groups is 1. The molecule has 3 heteroatoms. The van der Waals surface area contributed by atoms with Crippen LogP contribution in [0.1, 0.15) is 31.9 Å². The molecule has 2 nitrogen and oxygen atoms in total. The molecular formula is C14H21NOS. The van der Waals surface area contributed by atoms with E-state index >= 15 is 0 Å². The standard InChI is InChI=1S/C14H21NOS/c1-10-8-11(14(2,3)4)6-7-12(10)15(5)13(16)9-17/h6-8,17H,9H2,1-5H3. The van der Waals surface area contributed by atoms with E-state index in [1.165, 1.54) is 5.56 Å². The topological polar surface area (TPSA) is 20.3 Å². The smallest absolute Gasteiger partial charge is 0.236 e. The van der Waals surface area contributed by atoms with E-state index in [-0.39, 0.29) is 17.1 Å². The van der Waals surface area contributed by atoms with Crippen LogP contribution in [0.4, 0.5) is 5.69 Å². The molecule has 0 atom stereocenters. The summed E-state index contributed by atoms with van der Waals surface area (Å²) in [5, 5.41) is 0. The Labute approximate surface area is 109 Å². The molecule has 17 heavy (non-hydrogen) atoms. The zero-order chi connectivity index (χ0) is 13.2. The molecule has 1 amide bonds. The summed E-state index contributed by atoms with van der Waals surface area (Å²) in [7, 11) is 1.79. The van der Waals surface area contributed by atoms with Gasteiger partial charge in [0.15, 0.2) is 0 Å². The van der Waals surface area contributed by atoms with E-state index in [2.05, 4.69) is 45.5 Å². The molecule has 0 fully saturated rings. The number of thiol groups is 1. The Balaban J connectivity index is 3.10. The van der Waals surface area contributed by atoms with Crippen LogP contribution in [0.2, 0.25) is 0 Å². The van der Waals surface area contributed by atoms with E-state index < -0.39 is 0 Å². The number of carbonyl (C=O) groups excluding carboxylic acids is 1. The normalized spacial score (nSPS) is 11.4. The van der Waals surface area contributed by atoms with Gasteiger partial charge < -0.3 is 4.90 Å². The molecule has 0 saturated carbocycles. The molecule has 0 aromatic heterocycles. The fourth-order valence-electron chi connectivity index (χ4n) is 1.74. The number of nitrogens with zero attached hydrogens (tertiary/aromatic N) is 1. The first-order valence-corrected chi connectivity index (χ1v) is 6.39. The van der Waals surface area contributed by atoms with E-state index in [9.17, 15) is 4.79 Å². The first kappa shape index (κ1) is 14.1. The molecule has 0 bridgehead atoms. The van der Waals surface area contributed by atoms with Crippen LogP contribution in [0.3, 0.4) is 0 Å². The lowest BCUT2D eigenvalue weighted by Gasteiger charge is -2.23. The van der Waals surface area contributed by atoms with E-state index in [0.717, 1.165) is 11.3 Å². The Morgan fingerprint density at radius 1 is 1.35 bits per heavy atom. The van der Waals surface area contributed by atoms with Gasteiger partial charge in [-0.25, -0.2) is 0 Å². The minimum absolute atomic E-state index is 0.0138. The number of hydrogen-bond donors (Lipinski definition) is 1.